The highest BCUT2D eigenvalue weighted by Crippen LogP contribution is 2.41. The lowest BCUT2D eigenvalue weighted by atomic mass is 10.0. The van der Waals surface area contributed by atoms with Gasteiger partial charge in [-0.3, -0.25) is 0 Å². The molecule has 1 saturated carbocycles. The molecule has 3 aromatic rings. The van der Waals surface area contributed by atoms with Gasteiger partial charge in [-0.25, -0.2) is 0 Å². The topological polar surface area (TPSA) is 78.6 Å². The number of hydrogen-bond donors (Lipinski definition) is 1. The lowest BCUT2D eigenvalue weighted by Crippen LogP contribution is -2.22. The summed E-state index contributed by atoms with van der Waals surface area (Å²) in [6.07, 6.45) is 2.34. The molecule has 2 aromatic carbocycles. The first-order valence-corrected chi connectivity index (χ1v) is 9.90. The molecule has 9 heteroatoms. The second-order valence-corrected chi connectivity index (χ2v) is 7.23. The fourth-order valence-corrected chi connectivity index (χ4v) is 3.44. The largest absolute Gasteiger partial charge is 0.497 e. The number of aromatic nitrogens is 2. The van der Waals surface area contributed by atoms with Crippen molar-refractivity contribution in [2.45, 2.75) is 32.0 Å². The first kappa shape index (κ1) is 21.0. The molecule has 1 fully saturated rings. The summed E-state index contributed by atoms with van der Waals surface area (Å²) >= 11 is 0. The molecule has 31 heavy (non-hydrogen) atoms. The number of ether oxygens (including phenoxy) is 3. The van der Waals surface area contributed by atoms with Gasteiger partial charge in [-0.15, -0.1) is 0 Å². The van der Waals surface area contributed by atoms with Gasteiger partial charge in [0, 0.05) is 11.6 Å². The molecular formula is C22H23F2N3O4. The number of rotatable bonds is 10. The summed E-state index contributed by atoms with van der Waals surface area (Å²) in [5, 5.41) is 7.50. The second-order valence-electron chi connectivity index (χ2n) is 7.23. The summed E-state index contributed by atoms with van der Waals surface area (Å²) in [5.74, 6) is 2.27. The number of methoxy groups -OCH3 is 2. The van der Waals surface area contributed by atoms with Crippen LogP contribution in [0.2, 0.25) is 0 Å². The number of hydrogen-bond acceptors (Lipinski definition) is 7. The van der Waals surface area contributed by atoms with E-state index in [0.29, 0.717) is 29.7 Å². The molecule has 1 atom stereocenters. The van der Waals surface area contributed by atoms with Crippen LogP contribution in [0.25, 0.3) is 11.4 Å². The van der Waals surface area contributed by atoms with Crippen LogP contribution >= 0.6 is 0 Å². The Hall–Kier alpha value is -3.20. The fourth-order valence-electron chi connectivity index (χ4n) is 3.44. The van der Waals surface area contributed by atoms with Gasteiger partial charge in [0.05, 0.1) is 20.8 Å². The van der Waals surface area contributed by atoms with E-state index in [1.807, 2.05) is 12.1 Å². The molecule has 1 aliphatic rings. The van der Waals surface area contributed by atoms with Crippen molar-refractivity contribution in [3.05, 3.63) is 53.9 Å². The van der Waals surface area contributed by atoms with Crippen LogP contribution in [0.15, 0.2) is 47.0 Å². The van der Waals surface area contributed by atoms with Gasteiger partial charge < -0.3 is 24.1 Å². The predicted molar refractivity (Wildman–Crippen MR) is 108 cm³/mol. The molecule has 0 amide bonds. The highest BCUT2D eigenvalue weighted by molar-refractivity contribution is 5.60. The van der Waals surface area contributed by atoms with Gasteiger partial charge in [-0.05, 0) is 54.7 Å². The quantitative estimate of drug-likeness (QED) is 0.503. The summed E-state index contributed by atoms with van der Waals surface area (Å²) in [7, 11) is 3.02. The van der Waals surface area contributed by atoms with Crippen molar-refractivity contribution in [3.8, 4) is 28.6 Å². The van der Waals surface area contributed by atoms with Gasteiger partial charge in [0.15, 0.2) is 11.5 Å². The van der Waals surface area contributed by atoms with E-state index in [4.69, 9.17) is 14.0 Å². The van der Waals surface area contributed by atoms with Crippen LogP contribution in [0, 0.1) is 5.92 Å². The molecule has 1 aliphatic carbocycles. The van der Waals surface area contributed by atoms with Gasteiger partial charge >= 0.3 is 6.61 Å². The molecule has 4 rings (SSSR count). The van der Waals surface area contributed by atoms with Gasteiger partial charge in [0.25, 0.3) is 0 Å². The van der Waals surface area contributed by atoms with E-state index in [9.17, 15) is 8.78 Å². The molecule has 0 saturated heterocycles. The van der Waals surface area contributed by atoms with E-state index in [1.165, 1.54) is 37.6 Å². The molecule has 164 valence electrons. The maximum atomic E-state index is 12.5. The van der Waals surface area contributed by atoms with E-state index in [1.54, 1.807) is 13.2 Å². The first-order chi connectivity index (χ1) is 15.1. The average molecular weight is 431 g/mol. The highest BCUT2D eigenvalue weighted by atomic mass is 19.3. The van der Waals surface area contributed by atoms with E-state index < -0.39 is 6.61 Å². The molecular weight excluding hydrogens is 408 g/mol. The zero-order valence-electron chi connectivity index (χ0n) is 17.2. The van der Waals surface area contributed by atoms with Crippen LogP contribution < -0.4 is 19.5 Å². The molecule has 1 unspecified atom stereocenters. The molecule has 7 nitrogen and oxygen atoms in total. The van der Waals surface area contributed by atoms with Crippen LogP contribution in [-0.4, -0.2) is 31.0 Å². The fraction of sp³-hybridized carbons (Fsp3) is 0.364. The van der Waals surface area contributed by atoms with Crippen molar-refractivity contribution in [1.82, 2.24) is 15.5 Å². The monoisotopic (exact) mass is 431 g/mol. The van der Waals surface area contributed by atoms with Crippen molar-refractivity contribution in [2.24, 2.45) is 5.92 Å². The lowest BCUT2D eigenvalue weighted by molar-refractivity contribution is -0.0512. The van der Waals surface area contributed by atoms with Crippen molar-refractivity contribution in [3.63, 3.8) is 0 Å². The van der Waals surface area contributed by atoms with Gasteiger partial charge in [-0.1, -0.05) is 17.3 Å². The lowest BCUT2D eigenvalue weighted by Gasteiger charge is -2.18. The standard InChI is InChI=1S/C22H23F2N3O4/c1-28-16-8-5-14(6-9-16)20(13-3-4-13)25-12-19-26-21(27-31-19)15-7-10-17(30-22(23)24)18(11-15)29-2/h5-11,13,20,22,25H,3-4,12H2,1-2H3. The normalized spacial score (nSPS) is 14.5. The summed E-state index contributed by atoms with van der Waals surface area (Å²) < 4.78 is 45.2. The maximum absolute atomic E-state index is 12.5. The van der Waals surface area contributed by atoms with Gasteiger partial charge in [0.1, 0.15) is 5.75 Å². The minimum absolute atomic E-state index is 0.0570. The molecule has 1 heterocycles. The Labute approximate surface area is 178 Å². The van der Waals surface area contributed by atoms with Crippen LogP contribution in [0.1, 0.15) is 30.3 Å². The van der Waals surface area contributed by atoms with Crippen molar-refractivity contribution in [1.29, 1.82) is 0 Å². The average Bonchev–Trinajstić information content (AvgIpc) is 3.51. The number of benzene rings is 2. The molecule has 0 spiro atoms. The van der Waals surface area contributed by atoms with Crippen molar-refractivity contribution in [2.75, 3.05) is 14.2 Å². The molecule has 0 bridgehead atoms. The summed E-state index contributed by atoms with van der Waals surface area (Å²) in [5.41, 5.74) is 1.75. The minimum Gasteiger partial charge on any atom is -0.497 e. The Balaban J connectivity index is 1.44. The Kier molecular flexibility index (Phi) is 6.31. The highest BCUT2D eigenvalue weighted by Gasteiger charge is 2.32. The Morgan fingerprint density at radius 3 is 2.48 bits per heavy atom. The summed E-state index contributed by atoms with van der Waals surface area (Å²) in [6.45, 7) is -2.53. The third-order valence-electron chi connectivity index (χ3n) is 5.15. The molecule has 0 radical (unpaired) electrons. The van der Waals surface area contributed by atoms with Crippen LogP contribution in [-0.2, 0) is 6.54 Å². The third-order valence-corrected chi connectivity index (χ3v) is 5.15. The number of alkyl halides is 2. The van der Waals surface area contributed by atoms with Crippen LogP contribution in [0.3, 0.4) is 0 Å². The summed E-state index contributed by atoms with van der Waals surface area (Å²) in [4.78, 5) is 4.41. The molecule has 1 aromatic heterocycles. The minimum atomic E-state index is -2.94. The van der Waals surface area contributed by atoms with Gasteiger partial charge in [0.2, 0.25) is 11.7 Å². The van der Waals surface area contributed by atoms with Crippen molar-refractivity contribution >= 4 is 0 Å². The van der Waals surface area contributed by atoms with E-state index in [2.05, 4.69) is 32.3 Å². The van der Waals surface area contributed by atoms with E-state index >= 15 is 0 Å². The SMILES string of the molecule is COc1ccc(C(NCc2nc(-c3ccc(OC(F)F)c(OC)c3)no2)C2CC2)cc1. The first-order valence-electron chi connectivity index (χ1n) is 9.90. The smallest absolute Gasteiger partial charge is 0.387 e. The number of nitrogens with zero attached hydrogens (tertiary/aromatic N) is 2. The predicted octanol–water partition coefficient (Wildman–Crippen LogP) is 4.60. The molecule has 0 aliphatic heterocycles. The zero-order valence-corrected chi connectivity index (χ0v) is 17.2. The Morgan fingerprint density at radius 1 is 1.06 bits per heavy atom. The van der Waals surface area contributed by atoms with Gasteiger partial charge in [-0.2, -0.15) is 13.8 Å². The zero-order chi connectivity index (χ0) is 21.8. The molecule has 1 N–H and O–H groups in total. The van der Waals surface area contributed by atoms with E-state index in [-0.39, 0.29) is 17.5 Å². The Bertz CT molecular complexity index is 1010. The van der Waals surface area contributed by atoms with E-state index in [0.717, 1.165) is 5.75 Å². The number of halogens is 2. The van der Waals surface area contributed by atoms with Crippen LogP contribution in [0.5, 0.6) is 17.2 Å². The maximum Gasteiger partial charge on any atom is 0.387 e. The third kappa shape index (κ3) is 5.11. The van der Waals surface area contributed by atoms with Crippen molar-refractivity contribution < 1.29 is 27.5 Å². The second kappa shape index (κ2) is 9.30. The van der Waals surface area contributed by atoms with Crippen LogP contribution in [0.4, 0.5) is 8.78 Å². The Morgan fingerprint density at radius 2 is 1.84 bits per heavy atom. The number of nitrogens with one attached hydrogen (secondary N) is 1. The summed E-state index contributed by atoms with van der Waals surface area (Å²) in [6, 6.07) is 12.7.